The number of aliphatic hydroxyl groups is 1. The normalized spacial score (nSPS) is 12.1. The number of aliphatic hydroxyl groups excluding tert-OH is 1. The zero-order valence-corrected chi connectivity index (χ0v) is 14.0. The van der Waals surface area contributed by atoms with Crippen LogP contribution < -0.4 is 4.90 Å². The molecule has 0 aliphatic rings. The van der Waals surface area contributed by atoms with Crippen LogP contribution in [0.2, 0.25) is 5.02 Å². The van der Waals surface area contributed by atoms with Crippen LogP contribution in [0.15, 0.2) is 59.0 Å². The number of benzene rings is 2. The maximum atomic E-state index is 9.75. The first kappa shape index (κ1) is 16.5. The molecule has 0 unspecified atom stereocenters. The molecule has 0 radical (unpaired) electrons. The summed E-state index contributed by atoms with van der Waals surface area (Å²) < 4.78 is 5.75. The maximum Gasteiger partial charge on any atom is 0.247 e. The Morgan fingerprint density at radius 1 is 1.08 bits per heavy atom. The number of hydrogen-bond acceptors (Lipinski definition) is 5. The molecule has 2 aromatic carbocycles. The van der Waals surface area contributed by atoms with Crippen LogP contribution >= 0.6 is 11.6 Å². The molecule has 3 aromatic rings. The summed E-state index contributed by atoms with van der Waals surface area (Å²) in [5.41, 5.74) is 1.81. The molecule has 24 heavy (non-hydrogen) atoms. The van der Waals surface area contributed by atoms with Crippen molar-refractivity contribution in [3.8, 4) is 11.5 Å². The topological polar surface area (TPSA) is 62.4 Å². The number of nitrogens with zero attached hydrogens (tertiary/aromatic N) is 3. The number of aromatic nitrogens is 2. The quantitative estimate of drug-likeness (QED) is 0.738. The minimum atomic E-state index is -0.469. The van der Waals surface area contributed by atoms with Gasteiger partial charge in [0.15, 0.2) is 0 Å². The second-order valence-electron chi connectivity index (χ2n) is 5.57. The van der Waals surface area contributed by atoms with Crippen LogP contribution in [-0.4, -0.2) is 28.0 Å². The highest BCUT2D eigenvalue weighted by Gasteiger charge is 2.15. The second-order valence-corrected chi connectivity index (χ2v) is 6.01. The third-order valence-corrected chi connectivity index (χ3v) is 3.74. The highest BCUT2D eigenvalue weighted by Crippen LogP contribution is 2.22. The van der Waals surface area contributed by atoms with Crippen molar-refractivity contribution in [3.05, 3.63) is 65.5 Å². The number of hydrogen-bond donors (Lipinski definition) is 1. The van der Waals surface area contributed by atoms with E-state index in [1.165, 1.54) is 0 Å². The molecule has 0 bridgehead atoms. The second kappa shape index (κ2) is 7.47. The Balaban J connectivity index is 1.79. The zero-order valence-electron chi connectivity index (χ0n) is 13.3. The van der Waals surface area contributed by atoms with E-state index in [1.54, 1.807) is 19.1 Å². The van der Waals surface area contributed by atoms with Crippen molar-refractivity contribution in [3.63, 3.8) is 0 Å². The fourth-order valence-corrected chi connectivity index (χ4v) is 2.53. The van der Waals surface area contributed by atoms with E-state index in [1.807, 2.05) is 47.4 Å². The van der Waals surface area contributed by atoms with Crippen molar-refractivity contribution < 1.29 is 9.52 Å². The van der Waals surface area contributed by atoms with Gasteiger partial charge in [0.25, 0.3) is 0 Å². The Morgan fingerprint density at radius 3 is 2.46 bits per heavy atom. The number of para-hydroxylation sites is 1. The predicted octanol–water partition coefficient (Wildman–Crippen LogP) is 3.78. The number of halogens is 1. The third kappa shape index (κ3) is 4.13. The van der Waals surface area contributed by atoms with E-state index < -0.39 is 6.10 Å². The van der Waals surface area contributed by atoms with Gasteiger partial charge in [-0.25, -0.2) is 0 Å². The lowest BCUT2D eigenvalue weighted by Crippen LogP contribution is -2.30. The predicted molar refractivity (Wildman–Crippen MR) is 93.9 cm³/mol. The van der Waals surface area contributed by atoms with Crippen molar-refractivity contribution >= 4 is 17.3 Å². The molecular formula is C18H18ClN3O2. The fourth-order valence-electron chi connectivity index (χ4n) is 2.41. The maximum absolute atomic E-state index is 9.75. The molecule has 124 valence electrons. The molecule has 0 spiro atoms. The van der Waals surface area contributed by atoms with Crippen molar-refractivity contribution in [2.24, 2.45) is 0 Å². The van der Waals surface area contributed by atoms with Crippen LogP contribution in [0.4, 0.5) is 5.69 Å². The minimum Gasteiger partial charge on any atom is -0.419 e. The van der Waals surface area contributed by atoms with Gasteiger partial charge in [-0.3, -0.25) is 0 Å². The van der Waals surface area contributed by atoms with E-state index in [-0.39, 0.29) is 0 Å². The van der Waals surface area contributed by atoms with Crippen molar-refractivity contribution in [2.45, 2.75) is 19.6 Å². The van der Waals surface area contributed by atoms with E-state index in [9.17, 15) is 5.11 Å². The van der Waals surface area contributed by atoms with Gasteiger partial charge in [0.2, 0.25) is 11.8 Å². The smallest absolute Gasteiger partial charge is 0.247 e. The van der Waals surface area contributed by atoms with Crippen LogP contribution in [0.1, 0.15) is 12.8 Å². The van der Waals surface area contributed by atoms with Crippen LogP contribution in [0.5, 0.6) is 0 Å². The summed E-state index contributed by atoms with van der Waals surface area (Å²) in [6.45, 7) is 2.65. The van der Waals surface area contributed by atoms with Gasteiger partial charge in [-0.1, -0.05) is 29.8 Å². The van der Waals surface area contributed by atoms with Gasteiger partial charge in [-0.15, -0.1) is 10.2 Å². The standard InChI is InChI=1S/C18H18ClN3O2/c1-13(23)11-22(16-5-3-2-4-6-16)12-17-20-21-18(24-17)14-7-9-15(19)10-8-14/h2-10,13,23H,11-12H2,1H3/t13-/m0/s1. The van der Waals surface area contributed by atoms with Crippen molar-refractivity contribution in [1.29, 1.82) is 0 Å². The fraction of sp³-hybridized carbons (Fsp3) is 0.222. The van der Waals surface area contributed by atoms with E-state index in [4.69, 9.17) is 16.0 Å². The Hall–Kier alpha value is -2.37. The Labute approximate surface area is 145 Å². The first-order chi connectivity index (χ1) is 11.6. The molecule has 1 atom stereocenters. The molecule has 1 aromatic heterocycles. The summed E-state index contributed by atoms with van der Waals surface area (Å²) in [5, 5.41) is 18.6. The van der Waals surface area contributed by atoms with E-state index >= 15 is 0 Å². The molecule has 0 saturated heterocycles. The summed E-state index contributed by atoms with van der Waals surface area (Å²) in [6, 6.07) is 17.1. The molecule has 1 N–H and O–H groups in total. The monoisotopic (exact) mass is 343 g/mol. The summed E-state index contributed by atoms with van der Waals surface area (Å²) in [6.07, 6.45) is -0.469. The lowest BCUT2D eigenvalue weighted by molar-refractivity contribution is 0.199. The SMILES string of the molecule is C[C@H](O)CN(Cc1nnc(-c2ccc(Cl)cc2)o1)c1ccccc1. The van der Waals surface area contributed by atoms with Gasteiger partial charge < -0.3 is 14.4 Å². The molecule has 5 nitrogen and oxygen atoms in total. The Kier molecular flexibility index (Phi) is 5.13. The third-order valence-electron chi connectivity index (χ3n) is 3.49. The molecule has 0 amide bonds. The molecule has 0 fully saturated rings. The van der Waals surface area contributed by atoms with Crippen LogP contribution in [0, 0.1) is 0 Å². The van der Waals surface area contributed by atoms with Crippen molar-refractivity contribution in [1.82, 2.24) is 10.2 Å². The van der Waals surface area contributed by atoms with Crippen LogP contribution in [0.25, 0.3) is 11.5 Å². The summed E-state index contributed by atoms with van der Waals surface area (Å²) >= 11 is 5.89. The first-order valence-corrected chi connectivity index (χ1v) is 8.06. The van der Waals surface area contributed by atoms with Gasteiger partial charge in [-0.05, 0) is 43.3 Å². The lowest BCUT2D eigenvalue weighted by atomic mass is 10.2. The van der Waals surface area contributed by atoms with Crippen LogP contribution in [-0.2, 0) is 6.54 Å². The molecule has 3 rings (SSSR count). The summed E-state index contributed by atoms with van der Waals surface area (Å²) in [5.74, 6) is 0.941. The Bertz CT molecular complexity index is 772. The van der Waals surface area contributed by atoms with E-state index in [0.717, 1.165) is 11.3 Å². The van der Waals surface area contributed by atoms with Crippen molar-refractivity contribution in [2.75, 3.05) is 11.4 Å². The molecule has 0 aliphatic heterocycles. The Morgan fingerprint density at radius 2 is 1.79 bits per heavy atom. The largest absolute Gasteiger partial charge is 0.419 e. The van der Waals surface area contributed by atoms with Crippen LogP contribution in [0.3, 0.4) is 0 Å². The highest BCUT2D eigenvalue weighted by atomic mass is 35.5. The first-order valence-electron chi connectivity index (χ1n) is 7.68. The van der Waals surface area contributed by atoms with Gasteiger partial charge >= 0.3 is 0 Å². The number of rotatable bonds is 6. The molecule has 0 saturated carbocycles. The molecular weight excluding hydrogens is 326 g/mol. The van der Waals surface area contributed by atoms with Gasteiger partial charge in [0.1, 0.15) is 0 Å². The average molecular weight is 344 g/mol. The highest BCUT2D eigenvalue weighted by molar-refractivity contribution is 6.30. The lowest BCUT2D eigenvalue weighted by Gasteiger charge is -2.24. The van der Waals surface area contributed by atoms with Gasteiger partial charge in [0, 0.05) is 22.8 Å². The van der Waals surface area contributed by atoms with E-state index in [2.05, 4.69) is 10.2 Å². The minimum absolute atomic E-state index is 0.426. The molecule has 6 heteroatoms. The molecule has 1 heterocycles. The van der Waals surface area contributed by atoms with Gasteiger partial charge in [-0.2, -0.15) is 0 Å². The molecule has 0 aliphatic carbocycles. The van der Waals surface area contributed by atoms with E-state index in [0.29, 0.717) is 29.9 Å². The van der Waals surface area contributed by atoms with Gasteiger partial charge in [0.05, 0.1) is 12.6 Å². The average Bonchev–Trinajstić information content (AvgIpc) is 3.04. The summed E-state index contributed by atoms with van der Waals surface area (Å²) in [7, 11) is 0. The number of anilines is 1. The summed E-state index contributed by atoms with van der Waals surface area (Å²) in [4.78, 5) is 2.00. The zero-order chi connectivity index (χ0) is 16.9.